The van der Waals surface area contributed by atoms with Crippen LogP contribution in [0.4, 0.5) is 0 Å². The van der Waals surface area contributed by atoms with E-state index in [-0.39, 0.29) is 0 Å². The Morgan fingerprint density at radius 2 is 1.50 bits per heavy atom. The van der Waals surface area contributed by atoms with Crippen molar-refractivity contribution in [1.29, 1.82) is 0 Å². The predicted octanol–water partition coefficient (Wildman–Crippen LogP) is 1.89. The van der Waals surface area contributed by atoms with Gasteiger partial charge in [-0.05, 0) is 13.8 Å². The minimum atomic E-state index is -0.693. The van der Waals surface area contributed by atoms with Gasteiger partial charge in [0.2, 0.25) is 0 Å². The van der Waals surface area contributed by atoms with Gasteiger partial charge < -0.3 is 0 Å². The SMILES string of the molecule is C/C=C/CS(=O)C/C=C/C. The van der Waals surface area contributed by atoms with E-state index in [1.165, 1.54) is 0 Å². The Hall–Kier alpha value is -0.370. The normalized spacial score (nSPS) is 12.3. The second-order valence-electron chi connectivity index (χ2n) is 1.91. The van der Waals surface area contributed by atoms with E-state index in [2.05, 4.69) is 0 Å². The van der Waals surface area contributed by atoms with Crippen molar-refractivity contribution in [1.82, 2.24) is 0 Å². The molecule has 0 heterocycles. The van der Waals surface area contributed by atoms with E-state index in [1.807, 2.05) is 38.2 Å². The summed E-state index contributed by atoms with van der Waals surface area (Å²) >= 11 is 0. The fourth-order valence-corrected chi connectivity index (χ4v) is 1.43. The zero-order chi connectivity index (χ0) is 7.82. The van der Waals surface area contributed by atoms with Crippen molar-refractivity contribution in [2.24, 2.45) is 0 Å². The summed E-state index contributed by atoms with van der Waals surface area (Å²) in [5.74, 6) is 1.36. The van der Waals surface area contributed by atoms with Gasteiger partial charge in [0, 0.05) is 22.3 Å². The van der Waals surface area contributed by atoms with Gasteiger partial charge in [0.05, 0.1) is 0 Å². The van der Waals surface area contributed by atoms with Crippen LogP contribution < -0.4 is 0 Å². The average Bonchev–Trinajstić information content (AvgIpc) is 1.97. The van der Waals surface area contributed by atoms with Gasteiger partial charge in [0.25, 0.3) is 0 Å². The molecule has 0 aliphatic heterocycles. The molecule has 1 nitrogen and oxygen atoms in total. The molecule has 0 aromatic carbocycles. The molecule has 0 rings (SSSR count). The first-order chi connectivity index (χ1) is 4.81. The molecule has 0 aromatic rings. The van der Waals surface area contributed by atoms with Crippen LogP contribution in [0.15, 0.2) is 24.3 Å². The van der Waals surface area contributed by atoms with E-state index in [0.717, 1.165) is 0 Å². The maximum absolute atomic E-state index is 11.0. The van der Waals surface area contributed by atoms with E-state index in [0.29, 0.717) is 11.5 Å². The molecule has 0 bridgehead atoms. The lowest BCUT2D eigenvalue weighted by atomic mass is 10.6. The summed E-state index contributed by atoms with van der Waals surface area (Å²) in [6.07, 6.45) is 7.71. The topological polar surface area (TPSA) is 17.1 Å². The van der Waals surface area contributed by atoms with Crippen LogP contribution in [0, 0.1) is 0 Å². The van der Waals surface area contributed by atoms with Gasteiger partial charge in [-0.3, -0.25) is 4.21 Å². The molecule has 0 amide bonds. The molecule has 10 heavy (non-hydrogen) atoms. The maximum Gasteiger partial charge on any atom is 0.0418 e. The first kappa shape index (κ1) is 9.63. The van der Waals surface area contributed by atoms with Crippen LogP contribution in [-0.2, 0) is 10.8 Å². The van der Waals surface area contributed by atoms with Crippen LogP contribution in [-0.4, -0.2) is 15.7 Å². The van der Waals surface area contributed by atoms with E-state index < -0.39 is 10.8 Å². The molecule has 0 radical (unpaired) electrons. The van der Waals surface area contributed by atoms with Crippen molar-refractivity contribution >= 4 is 10.8 Å². The minimum Gasteiger partial charge on any atom is -0.259 e. The third-order valence-electron chi connectivity index (χ3n) is 1.04. The van der Waals surface area contributed by atoms with Gasteiger partial charge in [0.1, 0.15) is 0 Å². The quantitative estimate of drug-likeness (QED) is 0.571. The zero-order valence-electron chi connectivity index (χ0n) is 6.54. The molecule has 0 saturated carbocycles. The van der Waals surface area contributed by atoms with Gasteiger partial charge in [-0.25, -0.2) is 0 Å². The molecule has 0 N–H and O–H groups in total. The summed E-state index contributed by atoms with van der Waals surface area (Å²) in [6.45, 7) is 3.87. The highest BCUT2D eigenvalue weighted by molar-refractivity contribution is 7.85. The predicted molar refractivity (Wildman–Crippen MR) is 47.5 cm³/mol. The lowest BCUT2D eigenvalue weighted by molar-refractivity contribution is 0.687. The second-order valence-corrected chi connectivity index (χ2v) is 3.46. The summed E-state index contributed by atoms with van der Waals surface area (Å²) in [7, 11) is -0.693. The molecular formula is C8H14OS. The average molecular weight is 158 g/mol. The van der Waals surface area contributed by atoms with Crippen molar-refractivity contribution in [3.8, 4) is 0 Å². The van der Waals surface area contributed by atoms with Crippen molar-refractivity contribution in [2.75, 3.05) is 11.5 Å². The third kappa shape index (κ3) is 5.76. The monoisotopic (exact) mass is 158 g/mol. The van der Waals surface area contributed by atoms with Crippen molar-refractivity contribution < 1.29 is 4.21 Å². The lowest BCUT2D eigenvalue weighted by Crippen LogP contribution is -1.96. The molecule has 0 aliphatic carbocycles. The summed E-state index contributed by atoms with van der Waals surface area (Å²) in [5.41, 5.74) is 0. The Labute approximate surface area is 65.3 Å². The van der Waals surface area contributed by atoms with Gasteiger partial charge >= 0.3 is 0 Å². The molecule has 0 fully saturated rings. The van der Waals surface area contributed by atoms with Crippen molar-refractivity contribution in [3.05, 3.63) is 24.3 Å². The van der Waals surface area contributed by atoms with Gasteiger partial charge in [0.15, 0.2) is 0 Å². The summed E-state index contributed by atoms with van der Waals surface area (Å²) < 4.78 is 11.0. The first-order valence-electron chi connectivity index (χ1n) is 3.38. The van der Waals surface area contributed by atoms with Crippen LogP contribution in [0.5, 0.6) is 0 Å². The first-order valence-corrected chi connectivity index (χ1v) is 4.87. The molecule has 0 saturated heterocycles. The minimum absolute atomic E-state index is 0.681. The lowest BCUT2D eigenvalue weighted by Gasteiger charge is -1.89. The van der Waals surface area contributed by atoms with Crippen molar-refractivity contribution in [2.45, 2.75) is 13.8 Å². The highest BCUT2D eigenvalue weighted by Crippen LogP contribution is 1.85. The van der Waals surface area contributed by atoms with Crippen LogP contribution in [0.1, 0.15) is 13.8 Å². The van der Waals surface area contributed by atoms with E-state index in [9.17, 15) is 4.21 Å². The third-order valence-corrected chi connectivity index (χ3v) is 2.16. The zero-order valence-corrected chi connectivity index (χ0v) is 7.36. The molecule has 0 atom stereocenters. The summed E-state index contributed by atoms with van der Waals surface area (Å²) in [4.78, 5) is 0. The van der Waals surface area contributed by atoms with Crippen LogP contribution in [0.3, 0.4) is 0 Å². The van der Waals surface area contributed by atoms with Gasteiger partial charge in [-0.1, -0.05) is 24.3 Å². The molecule has 0 unspecified atom stereocenters. The standard InChI is InChI=1S/C8H14OS/c1-3-5-7-10(9)8-6-4-2/h3-6H,7-8H2,1-2H3/b5-3+,6-4+. The Bertz CT molecular complexity index is 131. The molecular weight excluding hydrogens is 144 g/mol. The molecule has 0 aliphatic rings. The van der Waals surface area contributed by atoms with Crippen LogP contribution >= 0.6 is 0 Å². The summed E-state index contributed by atoms with van der Waals surface area (Å²) in [6, 6.07) is 0. The highest BCUT2D eigenvalue weighted by Gasteiger charge is 1.89. The number of rotatable bonds is 4. The maximum atomic E-state index is 11.0. The molecule has 0 aromatic heterocycles. The number of hydrogen-bond donors (Lipinski definition) is 0. The Morgan fingerprint density at radius 3 is 1.80 bits per heavy atom. The second kappa shape index (κ2) is 6.75. The van der Waals surface area contributed by atoms with E-state index >= 15 is 0 Å². The van der Waals surface area contributed by atoms with Crippen molar-refractivity contribution in [3.63, 3.8) is 0 Å². The molecule has 2 heteroatoms. The Balaban J connectivity index is 3.44. The van der Waals surface area contributed by atoms with Crippen LogP contribution in [0.2, 0.25) is 0 Å². The Morgan fingerprint density at radius 1 is 1.10 bits per heavy atom. The fourth-order valence-electron chi connectivity index (χ4n) is 0.475. The Kier molecular flexibility index (Phi) is 6.50. The molecule has 0 spiro atoms. The molecule has 58 valence electrons. The van der Waals surface area contributed by atoms with Gasteiger partial charge in [-0.15, -0.1) is 0 Å². The van der Waals surface area contributed by atoms with E-state index in [1.54, 1.807) is 0 Å². The van der Waals surface area contributed by atoms with Gasteiger partial charge in [-0.2, -0.15) is 0 Å². The van der Waals surface area contributed by atoms with E-state index in [4.69, 9.17) is 0 Å². The highest BCUT2D eigenvalue weighted by atomic mass is 32.2. The smallest absolute Gasteiger partial charge is 0.0418 e. The largest absolute Gasteiger partial charge is 0.259 e. The summed E-state index contributed by atoms with van der Waals surface area (Å²) in [5, 5.41) is 0. The fraction of sp³-hybridized carbons (Fsp3) is 0.500. The van der Waals surface area contributed by atoms with Crippen LogP contribution in [0.25, 0.3) is 0 Å². The number of hydrogen-bond acceptors (Lipinski definition) is 1. The number of allylic oxidation sites excluding steroid dienone is 2.